The molecule has 0 bridgehead atoms. The summed E-state index contributed by atoms with van der Waals surface area (Å²) < 4.78 is 0. The van der Waals surface area contributed by atoms with Gasteiger partial charge < -0.3 is 5.73 Å². The molecule has 0 aliphatic heterocycles. The molecule has 1 rings (SSSR count). The third-order valence-electron chi connectivity index (χ3n) is 2.35. The minimum Gasteiger partial charge on any atom is -0.328 e. The number of halogens is 1. The lowest BCUT2D eigenvalue weighted by molar-refractivity contribution is 0.624. The Kier molecular flexibility index (Phi) is 4.43. The van der Waals surface area contributed by atoms with Gasteiger partial charge in [0.25, 0.3) is 0 Å². The van der Waals surface area contributed by atoms with Crippen molar-refractivity contribution in [3.63, 3.8) is 0 Å². The zero-order chi connectivity index (χ0) is 10.6. The number of benzene rings is 1. The summed E-state index contributed by atoms with van der Waals surface area (Å²) in [4.78, 5) is 0. The number of hydrogen-bond donors (Lipinski definition) is 1. The molecule has 0 saturated carbocycles. The van der Waals surface area contributed by atoms with Crippen molar-refractivity contribution in [1.29, 1.82) is 0 Å². The van der Waals surface area contributed by atoms with Crippen LogP contribution in [-0.2, 0) is 6.42 Å². The third-order valence-corrected chi connectivity index (χ3v) is 2.77. The molecule has 1 unspecified atom stereocenters. The van der Waals surface area contributed by atoms with Gasteiger partial charge in [-0.15, -0.1) is 0 Å². The van der Waals surface area contributed by atoms with Gasteiger partial charge in [0.2, 0.25) is 0 Å². The highest BCUT2D eigenvalue weighted by molar-refractivity contribution is 6.31. The Morgan fingerprint density at radius 3 is 2.71 bits per heavy atom. The van der Waals surface area contributed by atoms with E-state index in [4.69, 9.17) is 17.3 Å². The first-order valence-electron chi connectivity index (χ1n) is 5.10. The summed E-state index contributed by atoms with van der Waals surface area (Å²) in [7, 11) is 0. The number of nitrogens with two attached hydrogens (primary N) is 1. The zero-order valence-corrected chi connectivity index (χ0v) is 9.64. The van der Waals surface area contributed by atoms with Crippen LogP contribution in [0.2, 0.25) is 5.02 Å². The minimum absolute atomic E-state index is 0.309. The van der Waals surface area contributed by atoms with Crippen molar-refractivity contribution >= 4 is 11.6 Å². The van der Waals surface area contributed by atoms with Gasteiger partial charge in [0.1, 0.15) is 0 Å². The van der Waals surface area contributed by atoms with Crippen molar-refractivity contribution in [3.05, 3.63) is 34.3 Å². The first-order chi connectivity index (χ1) is 6.59. The third kappa shape index (κ3) is 3.69. The topological polar surface area (TPSA) is 26.0 Å². The van der Waals surface area contributed by atoms with Crippen LogP contribution in [0.15, 0.2) is 18.2 Å². The molecule has 0 amide bonds. The van der Waals surface area contributed by atoms with E-state index in [1.165, 1.54) is 5.56 Å². The van der Waals surface area contributed by atoms with E-state index in [1.807, 2.05) is 19.9 Å². The highest BCUT2D eigenvalue weighted by Crippen LogP contribution is 2.17. The first kappa shape index (κ1) is 11.5. The van der Waals surface area contributed by atoms with Crippen molar-refractivity contribution in [1.82, 2.24) is 0 Å². The standard InChI is InChI=1S/C12H18ClN/c1-9-8-11(6-7-12(9)13)5-3-4-10(2)14/h6-8,10H,3-5,14H2,1-2H3. The fourth-order valence-electron chi connectivity index (χ4n) is 1.49. The van der Waals surface area contributed by atoms with Crippen LogP contribution in [0.5, 0.6) is 0 Å². The van der Waals surface area contributed by atoms with Gasteiger partial charge >= 0.3 is 0 Å². The van der Waals surface area contributed by atoms with E-state index in [0.717, 1.165) is 29.8 Å². The summed E-state index contributed by atoms with van der Waals surface area (Å²) in [6, 6.07) is 6.53. The van der Waals surface area contributed by atoms with Crippen LogP contribution >= 0.6 is 11.6 Å². The molecule has 1 aromatic carbocycles. The Labute approximate surface area is 91.3 Å². The maximum atomic E-state index is 5.95. The lowest BCUT2D eigenvalue weighted by Crippen LogP contribution is -2.14. The average Bonchev–Trinajstić information content (AvgIpc) is 2.10. The van der Waals surface area contributed by atoms with Crippen LogP contribution in [0.1, 0.15) is 30.9 Å². The van der Waals surface area contributed by atoms with Crippen LogP contribution in [0.4, 0.5) is 0 Å². The quantitative estimate of drug-likeness (QED) is 0.813. The maximum absolute atomic E-state index is 5.95. The minimum atomic E-state index is 0.309. The van der Waals surface area contributed by atoms with E-state index in [1.54, 1.807) is 0 Å². The van der Waals surface area contributed by atoms with E-state index in [0.29, 0.717) is 6.04 Å². The molecule has 0 aliphatic carbocycles. The summed E-state index contributed by atoms with van der Waals surface area (Å²) in [5.74, 6) is 0. The number of hydrogen-bond acceptors (Lipinski definition) is 1. The van der Waals surface area contributed by atoms with Crippen molar-refractivity contribution in [2.75, 3.05) is 0 Å². The SMILES string of the molecule is Cc1cc(CCCC(C)N)ccc1Cl. The van der Waals surface area contributed by atoms with E-state index in [2.05, 4.69) is 12.1 Å². The molecule has 2 heteroatoms. The second-order valence-corrected chi connectivity index (χ2v) is 4.36. The summed E-state index contributed by atoms with van der Waals surface area (Å²) in [6.07, 6.45) is 3.33. The number of aryl methyl sites for hydroxylation is 2. The Bertz CT molecular complexity index is 294. The summed E-state index contributed by atoms with van der Waals surface area (Å²) in [5.41, 5.74) is 8.20. The molecular weight excluding hydrogens is 194 g/mol. The zero-order valence-electron chi connectivity index (χ0n) is 8.89. The van der Waals surface area contributed by atoms with Crippen molar-refractivity contribution in [2.45, 2.75) is 39.2 Å². The van der Waals surface area contributed by atoms with Gasteiger partial charge in [-0.3, -0.25) is 0 Å². The Morgan fingerprint density at radius 1 is 1.43 bits per heavy atom. The van der Waals surface area contributed by atoms with E-state index < -0.39 is 0 Å². The van der Waals surface area contributed by atoms with Gasteiger partial charge in [0, 0.05) is 11.1 Å². The molecular formula is C12H18ClN. The molecule has 0 spiro atoms. The molecule has 14 heavy (non-hydrogen) atoms. The summed E-state index contributed by atoms with van der Waals surface area (Å²) in [6.45, 7) is 4.09. The molecule has 0 saturated heterocycles. The molecule has 0 aromatic heterocycles. The molecule has 0 heterocycles. The molecule has 1 aromatic rings. The van der Waals surface area contributed by atoms with Crippen LogP contribution in [-0.4, -0.2) is 6.04 Å². The highest BCUT2D eigenvalue weighted by atomic mass is 35.5. The Balaban J connectivity index is 2.47. The van der Waals surface area contributed by atoms with E-state index in [-0.39, 0.29) is 0 Å². The molecule has 78 valence electrons. The molecule has 1 atom stereocenters. The number of rotatable bonds is 4. The van der Waals surface area contributed by atoms with Gasteiger partial charge in [-0.25, -0.2) is 0 Å². The predicted octanol–water partition coefficient (Wildman–Crippen LogP) is 3.32. The van der Waals surface area contributed by atoms with Crippen LogP contribution in [0.3, 0.4) is 0 Å². The van der Waals surface area contributed by atoms with Gasteiger partial charge in [-0.1, -0.05) is 23.7 Å². The first-order valence-corrected chi connectivity index (χ1v) is 5.48. The fourth-order valence-corrected chi connectivity index (χ4v) is 1.61. The normalized spacial score (nSPS) is 12.9. The second kappa shape index (κ2) is 5.38. The fraction of sp³-hybridized carbons (Fsp3) is 0.500. The van der Waals surface area contributed by atoms with Crippen LogP contribution in [0, 0.1) is 6.92 Å². The maximum Gasteiger partial charge on any atom is 0.0435 e. The van der Waals surface area contributed by atoms with Crippen LogP contribution in [0.25, 0.3) is 0 Å². The molecule has 0 radical (unpaired) electrons. The van der Waals surface area contributed by atoms with Gasteiger partial charge in [0.05, 0.1) is 0 Å². The molecule has 0 aliphatic rings. The monoisotopic (exact) mass is 211 g/mol. The molecule has 0 fully saturated rings. The van der Waals surface area contributed by atoms with Gasteiger partial charge in [-0.05, 0) is 50.3 Å². The second-order valence-electron chi connectivity index (χ2n) is 3.95. The van der Waals surface area contributed by atoms with Crippen molar-refractivity contribution in [2.24, 2.45) is 5.73 Å². The Hall–Kier alpha value is -0.530. The average molecular weight is 212 g/mol. The molecule has 2 N–H and O–H groups in total. The largest absolute Gasteiger partial charge is 0.328 e. The van der Waals surface area contributed by atoms with Crippen molar-refractivity contribution < 1.29 is 0 Å². The predicted molar refractivity (Wildman–Crippen MR) is 62.8 cm³/mol. The van der Waals surface area contributed by atoms with Crippen molar-refractivity contribution in [3.8, 4) is 0 Å². The van der Waals surface area contributed by atoms with Crippen LogP contribution < -0.4 is 5.73 Å². The lowest BCUT2D eigenvalue weighted by atomic mass is 10.0. The smallest absolute Gasteiger partial charge is 0.0435 e. The van der Waals surface area contributed by atoms with Gasteiger partial charge in [-0.2, -0.15) is 0 Å². The summed E-state index contributed by atoms with van der Waals surface area (Å²) in [5, 5.41) is 0.848. The highest BCUT2D eigenvalue weighted by Gasteiger charge is 1.99. The lowest BCUT2D eigenvalue weighted by Gasteiger charge is -2.06. The van der Waals surface area contributed by atoms with Gasteiger partial charge in [0.15, 0.2) is 0 Å². The molecule has 1 nitrogen and oxygen atoms in total. The van der Waals surface area contributed by atoms with E-state index in [9.17, 15) is 0 Å². The Morgan fingerprint density at radius 2 is 2.14 bits per heavy atom. The van der Waals surface area contributed by atoms with E-state index >= 15 is 0 Å². The summed E-state index contributed by atoms with van der Waals surface area (Å²) >= 11 is 5.95.